The van der Waals surface area contributed by atoms with E-state index in [4.69, 9.17) is 0 Å². The summed E-state index contributed by atoms with van der Waals surface area (Å²) in [5.41, 5.74) is 1.03. The molecule has 1 aromatic carbocycles. The van der Waals surface area contributed by atoms with Crippen LogP contribution in [0.2, 0.25) is 0 Å². The van der Waals surface area contributed by atoms with E-state index in [0.29, 0.717) is 17.3 Å². The number of nitrogens with one attached hydrogen (secondary N) is 1. The lowest BCUT2D eigenvalue weighted by Crippen LogP contribution is -2.20. The zero-order chi connectivity index (χ0) is 20.1. The average molecular weight is 382 g/mol. The van der Waals surface area contributed by atoms with Crippen LogP contribution in [0.25, 0.3) is 21.5 Å². The van der Waals surface area contributed by atoms with Gasteiger partial charge < -0.3 is 9.55 Å². The minimum atomic E-state index is -0.0874. The van der Waals surface area contributed by atoms with Crippen molar-refractivity contribution in [2.45, 2.75) is 6.54 Å². The van der Waals surface area contributed by atoms with Gasteiger partial charge in [-0.25, -0.2) is 0 Å². The molecule has 6 heteroatoms. The third-order valence-electron chi connectivity index (χ3n) is 4.55. The molecule has 0 bridgehead atoms. The number of aromatic nitrogens is 4. The molecule has 0 radical (unpaired) electrons. The normalized spacial score (nSPS) is 10.5. The molecule has 0 aliphatic rings. The molecule has 5 rings (SSSR count). The van der Waals surface area contributed by atoms with Crippen LogP contribution in [0.4, 0.5) is 0 Å². The number of benzene rings is 1. The average Bonchev–Trinajstić information content (AvgIpc) is 2.78. The topological polar surface area (TPSA) is 80.6 Å². The summed E-state index contributed by atoms with van der Waals surface area (Å²) in [6, 6.07) is 17.4. The third-order valence-corrected chi connectivity index (χ3v) is 4.55. The van der Waals surface area contributed by atoms with E-state index < -0.39 is 0 Å². The van der Waals surface area contributed by atoms with Gasteiger partial charge in [-0.05, 0) is 40.6 Å². The summed E-state index contributed by atoms with van der Waals surface area (Å²) in [7, 11) is 0. The molecule has 0 saturated heterocycles. The van der Waals surface area contributed by atoms with E-state index in [1.54, 1.807) is 35.6 Å². The van der Waals surface area contributed by atoms with Crippen molar-refractivity contribution in [3.8, 4) is 0 Å². The zero-order valence-electron chi connectivity index (χ0n) is 15.5. The molecule has 0 aliphatic carbocycles. The Hall–Kier alpha value is -4.06. The molecule has 1 N–H and O–H groups in total. The van der Waals surface area contributed by atoms with Crippen LogP contribution in [-0.2, 0) is 6.54 Å². The van der Waals surface area contributed by atoms with Crippen LogP contribution < -0.4 is 11.1 Å². The van der Waals surface area contributed by atoms with E-state index in [1.807, 2.05) is 60.8 Å². The van der Waals surface area contributed by atoms with Crippen molar-refractivity contribution < 1.29 is 0 Å². The Balaban J connectivity index is 0.000000159. The molecule has 0 spiro atoms. The summed E-state index contributed by atoms with van der Waals surface area (Å²) >= 11 is 0. The second-order valence-electron chi connectivity index (χ2n) is 6.47. The van der Waals surface area contributed by atoms with Gasteiger partial charge in [0, 0.05) is 37.2 Å². The predicted octanol–water partition coefficient (Wildman–Crippen LogP) is 3.37. The molecule has 4 aromatic heterocycles. The molecule has 6 nitrogen and oxygen atoms in total. The van der Waals surface area contributed by atoms with E-state index in [1.165, 1.54) is 0 Å². The number of rotatable bonds is 2. The molecular weight excluding hydrogens is 364 g/mol. The van der Waals surface area contributed by atoms with Crippen molar-refractivity contribution in [1.82, 2.24) is 19.5 Å². The van der Waals surface area contributed by atoms with Crippen LogP contribution in [0.15, 0.2) is 101 Å². The molecule has 29 heavy (non-hydrogen) atoms. The van der Waals surface area contributed by atoms with E-state index in [9.17, 15) is 9.59 Å². The molecule has 4 heterocycles. The lowest BCUT2D eigenvalue weighted by atomic mass is 10.2. The van der Waals surface area contributed by atoms with Crippen molar-refractivity contribution >= 4 is 21.5 Å². The van der Waals surface area contributed by atoms with Crippen molar-refractivity contribution in [2.24, 2.45) is 0 Å². The molecule has 142 valence electrons. The first kappa shape index (κ1) is 18.3. The van der Waals surface area contributed by atoms with E-state index in [0.717, 1.165) is 16.3 Å². The highest BCUT2D eigenvalue weighted by Crippen LogP contribution is 2.08. The highest BCUT2D eigenvalue weighted by atomic mass is 16.1. The molecule has 0 amide bonds. The number of pyridine rings is 4. The minimum absolute atomic E-state index is 0.00412. The maximum atomic E-state index is 12.3. The van der Waals surface area contributed by atoms with Crippen molar-refractivity contribution in [2.75, 3.05) is 0 Å². The Kier molecular flexibility index (Phi) is 5.25. The molecule has 0 fully saturated rings. The van der Waals surface area contributed by atoms with Crippen LogP contribution >= 0.6 is 0 Å². The first-order valence-corrected chi connectivity index (χ1v) is 9.11. The summed E-state index contributed by atoms with van der Waals surface area (Å²) < 4.78 is 1.71. The first-order valence-electron chi connectivity index (χ1n) is 9.11. The first-order chi connectivity index (χ1) is 14.2. The maximum absolute atomic E-state index is 12.3. The highest BCUT2D eigenvalue weighted by molar-refractivity contribution is 5.80. The summed E-state index contributed by atoms with van der Waals surface area (Å²) in [6.07, 6.45) is 10.0. The van der Waals surface area contributed by atoms with Gasteiger partial charge in [-0.1, -0.05) is 30.3 Å². The lowest BCUT2D eigenvalue weighted by Gasteiger charge is -2.06. The minimum Gasteiger partial charge on any atom is -0.329 e. The fourth-order valence-corrected chi connectivity index (χ4v) is 3.05. The van der Waals surface area contributed by atoms with Gasteiger partial charge in [0.2, 0.25) is 0 Å². The number of hydrogen-bond acceptors (Lipinski definition) is 4. The van der Waals surface area contributed by atoms with Crippen molar-refractivity contribution in [3.63, 3.8) is 0 Å². The summed E-state index contributed by atoms with van der Waals surface area (Å²) in [5.74, 6) is 0. The van der Waals surface area contributed by atoms with Crippen LogP contribution in [0, 0.1) is 0 Å². The number of aromatic amines is 1. The van der Waals surface area contributed by atoms with Crippen LogP contribution in [-0.4, -0.2) is 19.5 Å². The smallest absolute Gasteiger partial charge is 0.260 e. The van der Waals surface area contributed by atoms with Gasteiger partial charge in [-0.15, -0.1) is 0 Å². The van der Waals surface area contributed by atoms with E-state index in [-0.39, 0.29) is 11.1 Å². The third kappa shape index (κ3) is 4.11. The van der Waals surface area contributed by atoms with Crippen LogP contribution in [0.3, 0.4) is 0 Å². The summed E-state index contributed by atoms with van der Waals surface area (Å²) in [5, 5.41) is 3.15. The van der Waals surface area contributed by atoms with Gasteiger partial charge in [-0.3, -0.25) is 19.6 Å². The molecule has 0 atom stereocenters. The molecule has 5 aromatic rings. The van der Waals surface area contributed by atoms with Gasteiger partial charge in [0.15, 0.2) is 0 Å². The van der Waals surface area contributed by atoms with Gasteiger partial charge in [0.1, 0.15) is 0 Å². The largest absolute Gasteiger partial charge is 0.329 e. The van der Waals surface area contributed by atoms with Gasteiger partial charge >= 0.3 is 0 Å². The second kappa shape index (κ2) is 8.31. The maximum Gasteiger partial charge on any atom is 0.260 e. The van der Waals surface area contributed by atoms with Crippen LogP contribution in [0.1, 0.15) is 5.56 Å². The number of nitrogens with zero attached hydrogens (tertiary/aromatic N) is 3. The van der Waals surface area contributed by atoms with E-state index >= 15 is 0 Å². The predicted molar refractivity (Wildman–Crippen MR) is 114 cm³/mol. The monoisotopic (exact) mass is 382 g/mol. The SMILES string of the molecule is O=c1[nH]ccc2ccncc12.O=c1c2cnccc2ccn1Cc1ccccc1. The molecule has 0 aliphatic heterocycles. The van der Waals surface area contributed by atoms with Crippen LogP contribution in [0.5, 0.6) is 0 Å². The van der Waals surface area contributed by atoms with E-state index in [2.05, 4.69) is 15.0 Å². The Labute approximate surface area is 166 Å². The van der Waals surface area contributed by atoms with Gasteiger partial charge in [0.05, 0.1) is 17.3 Å². The second-order valence-corrected chi connectivity index (χ2v) is 6.47. The fourth-order valence-electron chi connectivity index (χ4n) is 3.05. The Morgan fingerprint density at radius 2 is 1.48 bits per heavy atom. The quantitative estimate of drug-likeness (QED) is 0.508. The Morgan fingerprint density at radius 1 is 0.793 bits per heavy atom. The van der Waals surface area contributed by atoms with Gasteiger partial charge in [-0.2, -0.15) is 0 Å². The standard InChI is InChI=1S/C15H12N2O.C8H6N2O/c18-15-14-10-16-8-6-13(14)7-9-17(15)11-12-4-2-1-3-5-12;11-8-7-5-9-3-1-6(7)2-4-10-8/h1-10H,11H2;1-5H,(H,10,11). The Morgan fingerprint density at radius 3 is 2.21 bits per heavy atom. The van der Waals surface area contributed by atoms with Crippen molar-refractivity contribution in [3.05, 3.63) is 118 Å². The van der Waals surface area contributed by atoms with Crippen molar-refractivity contribution in [1.29, 1.82) is 0 Å². The highest BCUT2D eigenvalue weighted by Gasteiger charge is 2.02. The summed E-state index contributed by atoms with van der Waals surface area (Å²) in [4.78, 5) is 33.8. The fraction of sp³-hybridized carbons (Fsp3) is 0.0435. The number of H-pyrrole nitrogens is 1. The Bertz CT molecular complexity index is 1370. The summed E-state index contributed by atoms with van der Waals surface area (Å²) in [6.45, 7) is 0.588. The lowest BCUT2D eigenvalue weighted by molar-refractivity contribution is 0.768. The number of fused-ring (bicyclic) bond motifs is 2. The number of hydrogen-bond donors (Lipinski definition) is 1. The van der Waals surface area contributed by atoms with Gasteiger partial charge in [0.25, 0.3) is 11.1 Å². The molecule has 0 unspecified atom stereocenters. The molecular formula is C23H18N4O2. The zero-order valence-corrected chi connectivity index (χ0v) is 15.5. The molecule has 0 saturated carbocycles.